The number of hydrogen-bond donors (Lipinski definition) is 1. The Balaban J connectivity index is 2.19. The van der Waals surface area contributed by atoms with Crippen LogP contribution in [0.25, 0.3) is 0 Å². The molecule has 0 unspecified atom stereocenters. The van der Waals surface area contributed by atoms with Crippen molar-refractivity contribution in [2.45, 2.75) is 30.3 Å². The number of sulfonamides is 1. The molecule has 1 aliphatic rings. The summed E-state index contributed by atoms with van der Waals surface area (Å²) in [6.07, 6.45) is 1.26. The first-order valence-corrected chi connectivity index (χ1v) is 7.40. The van der Waals surface area contributed by atoms with E-state index in [1.807, 2.05) is 6.92 Å². The summed E-state index contributed by atoms with van der Waals surface area (Å²) in [5, 5.41) is 9.95. The molecule has 0 aliphatic carbocycles. The SMILES string of the molecule is CCCC1(O)CN(S(=O)(=O)c2ccc(F)c(F)c2)C1. The molecule has 1 saturated heterocycles. The summed E-state index contributed by atoms with van der Waals surface area (Å²) in [5.74, 6) is -2.30. The number of hydrogen-bond acceptors (Lipinski definition) is 3. The fourth-order valence-corrected chi connectivity index (χ4v) is 3.80. The molecule has 7 heteroatoms. The molecule has 1 N–H and O–H groups in total. The van der Waals surface area contributed by atoms with Crippen molar-refractivity contribution in [1.29, 1.82) is 0 Å². The lowest BCUT2D eigenvalue weighted by molar-refractivity contribution is -0.0653. The number of aliphatic hydroxyl groups is 1. The summed E-state index contributed by atoms with van der Waals surface area (Å²) in [7, 11) is -3.86. The Labute approximate surface area is 110 Å². The van der Waals surface area contributed by atoms with E-state index >= 15 is 0 Å². The zero-order valence-corrected chi connectivity index (χ0v) is 11.3. The van der Waals surface area contributed by atoms with Crippen molar-refractivity contribution in [2.75, 3.05) is 13.1 Å². The van der Waals surface area contributed by atoms with Crippen LogP contribution in [0.4, 0.5) is 8.78 Å². The minimum Gasteiger partial charge on any atom is -0.387 e. The number of benzene rings is 1. The van der Waals surface area contributed by atoms with Crippen LogP contribution in [0.2, 0.25) is 0 Å². The maximum atomic E-state index is 13.1. The Kier molecular flexibility index (Phi) is 3.63. The van der Waals surface area contributed by atoms with Crippen LogP contribution in [0.1, 0.15) is 19.8 Å². The number of nitrogens with zero attached hydrogens (tertiary/aromatic N) is 1. The first kappa shape index (κ1) is 14.4. The Bertz CT molecular complexity index is 583. The van der Waals surface area contributed by atoms with Gasteiger partial charge in [0.1, 0.15) is 0 Å². The van der Waals surface area contributed by atoms with Gasteiger partial charge in [-0.05, 0) is 24.6 Å². The standard InChI is InChI=1S/C12H15F2NO3S/c1-2-5-12(16)7-15(8-12)19(17,18)9-3-4-10(13)11(14)6-9/h3-4,6,16H,2,5,7-8H2,1H3. The van der Waals surface area contributed by atoms with Crippen molar-refractivity contribution in [3.63, 3.8) is 0 Å². The lowest BCUT2D eigenvalue weighted by Gasteiger charge is -2.45. The van der Waals surface area contributed by atoms with E-state index in [-0.39, 0.29) is 18.0 Å². The molecule has 0 spiro atoms. The topological polar surface area (TPSA) is 57.6 Å². The van der Waals surface area contributed by atoms with Crippen LogP contribution in [0.3, 0.4) is 0 Å². The van der Waals surface area contributed by atoms with Gasteiger partial charge < -0.3 is 5.11 Å². The van der Waals surface area contributed by atoms with Gasteiger partial charge in [0.15, 0.2) is 11.6 Å². The largest absolute Gasteiger partial charge is 0.387 e. The molecule has 19 heavy (non-hydrogen) atoms. The first-order valence-electron chi connectivity index (χ1n) is 5.96. The number of β-amino-alcohol motifs (C(OH)–C–C–N with tert-alkyl or cyclic N) is 1. The van der Waals surface area contributed by atoms with Gasteiger partial charge in [0.05, 0.1) is 10.5 Å². The van der Waals surface area contributed by atoms with Gasteiger partial charge in [-0.25, -0.2) is 17.2 Å². The van der Waals surface area contributed by atoms with Crippen LogP contribution in [-0.4, -0.2) is 36.5 Å². The molecule has 1 aromatic carbocycles. The van der Waals surface area contributed by atoms with Gasteiger partial charge >= 0.3 is 0 Å². The van der Waals surface area contributed by atoms with Gasteiger partial charge in [-0.3, -0.25) is 0 Å². The average Bonchev–Trinajstić information content (AvgIpc) is 2.29. The lowest BCUT2D eigenvalue weighted by Crippen LogP contribution is -2.63. The summed E-state index contributed by atoms with van der Waals surface area (Å²) >= 11 is 0. The quantitative estimate of drug-likeness (QED) is 0.914. The Morgan fingerprint density at radius 2 is 1.95 bits per heavy atom. The third-order valence-electron chi connectivity index (χ3n) is 3.19. The third kappa shape index (κ3) is 2.63. The molecule has 0 bridgehead atoms. The minimum absolute atomic E-state index is 0.0117. The highest BCUT2D eigenvalue weighted by atomic mass is 32.2. The van der Waals surface area contributed by atoms with E-state index in [2.05, 4.69) is 0 Å². The van der Waals surface area contributed by atoms with E-state index in [0.717, 1.165) is 22.9 Å². The van der Waals surface area contributed by atoms with Gasteiger partial charge in [-0.15, -0.1) is 0 Å². The fraction of sp³-hybridized carbons (Fsp3) is 0.500. The zero-order valence-electron chi connectivity index (χ0n) is 10.4. The van der Waals surface area contributed by atoms with E-state index in [0.29, 0.717) is 12.5 Å². The average molecular weight is 291 g/mol. The summed E-state index contributed by atoms with van der Waals surface area (Å²) in [6, 6.07) is 2.45. The van der Waals surface area contributed by atoms with Crippen molar-refractivity contribution >= 4 is 10.0 Å². The second-order valence-corrected chi connectivity index (χ2v) is 6.76. The van der Waals surface area contributed by atoms with Crippen LogP contribution < -0.4 is 0 Å². The molecule has 1 fully saturated rings. The smallest absolute Gasteiger partial charge is 0.243 e. The van der Waals surface area contributed by atoms with Crippen LogP contribution >= 0.6 is 0 Å². The van der Waals surface area contributed by atoms with E-state index in [1.165, 1.54) is 0 Å². The Morgan fingerprint density at radius 3 is 2.47 bits per heavy atom. The monoisotopic (exact) mass is 291 g/mol. The van der Waals surface area contributed by atoms with Crippen LogP contribution in [0.5, 0.6) is 0 Å². The highest BCUT2D eigenvalue weighted by Crippen LogP contribution is 2.31. The predicted molar refractivity (Wildman–Crippen MR) is 65.0 cm³/mol. The zero-order chi connectivity index (χ0) is 14.3. The molecule has 4 nitrogen and oxygen atoms in total. The highest BCUT2D eigenvalue weighted by Gasteiger charge is 2.46. The van der Waals surface area contributed by atoms with Crippen LogP contribution in [0.15, 0.2) is 23.1 Å². The van der Waals surface area contributed by atoms with Gasteiger partial charge in [0.2, 0.25) is 10.0 Å². The molecule has 106 valence electrons. The third-order valence-corrected chi connectivity index (χ3v) is 4.97. The lowest BCUT2D eigenvalue weighted by atomic mass is 9.92. The number of rotatable bonds is 4. The summed E-state index contributed by atoms with van der Waals surface area (Å²) in [4.78, 5) is -0.301. The van der Waals surface area contributed by atoms with Crippen molar-refractivity contribution in [3.8, 4) is 0 Å². The van der Waals surface area contributed by atoms with E-state index in [1.54, 1.807) is 0 Å². The Morgan fingerprint density at radius 1 is 1.32 bits per heavy atom. The van der Waals surface area contributed by atoms with Crippen molar-refractivity contribution in [3.05, 3.63) is 29.8 Å². The normalized spacial score (nSPS) is 19.2. The van der Waals surface area contributed by atoms with Gasteiger partial charge in [0, 0.05) is 13.1 Å². The van der Waals surface area contributed by atoms with E-state index < -0.39 is 27.3 Å². The molecule has 0 atom stereocenters. The van der Waals surface area contributed by atoms with Gasteiger partial charge in [-0.2, -0.15) is 4.31 Å². The maximum absolute atomic E-state index is 13.1. The van der Waals surface area contributed by atoms with Crippen molar-refractivity contribution in [2.24, 2.45) is 0 Å². The van der Waals surface area contributed by atoms with E-state index in [9.17, 15) is 22.3 Å². The second-order valence-electron chi connectivity index (χ2n) is 4.82. The molecular formula is C12H15F2NO3S. The summed E-state index contributed by atoms with van der Waals surface area (Å²) < 4.78 is 51.1. The Hall–Kier alpha value is -1.05. The molecule has 0 aromatic heterocycles. The summed E-state index contributed by atoms with van der Waals surface area (Å²) in [6.45, 7) is 1.87. The van der Waals surface area contributed by atoms with Crippen LogP contribution in [0, 0.1) is 11.6 Å². The highest BCUT2D eigenvalue weighted by molar-refractivity contribution is 7.89. The molecule has 1 aromatic rings. The number of halogens is 2. The van der Waals surface area contributed by atoms with E-state index in [4.69, 9.17) is 0 Å². The summed E-state index contributed by atoms with van der Waals surface area (Å²) in [5.41, 5.74) is -1.000. The molecule has 0 saturated carbocycles. The predicted octanol–water partition coefficient (Wildman–Crippen LogP) is 1.50. The van der Waals surface area contributed by atoms with Gasteiger partial charge in [-0.1, -0.05) is 13.3 Å². The van der Waals surface area contributed by atoms with Gasteiger partial charge in [0.25, 0.3) is 0 Å². The first-order chi connectivity index (χ1) is 8.78. The molecule has 1 heterocycles. The molecular weight excluding hydrogens is 276 g/mol. The molecule has 0 amide bonds. The fourth-order valence-electron chi connectivity index (χ4n) is 2.19. The van der Waals surface area contributed by atoms with Crippen LogP contribution in [-0.2, 0) is 10.0 Å². The van der Waals surface area contributed by atoms with Crippen molar-refractivity contribution < 1.29 is 22.3 Å². The molecule has 2 rings (SSSR count). The molecule has 1 aliphatic heterocycles. The molecule has 0 radical (unpaired) electrons. The minimum atomic E-state index is -3.86. The maximum Gasteiger partial charge on any atom is 0.243 e. The second kappa shape index (κ2) is 4.81. The van der Waals surface area contributed by atoms with Crippen molar-refractivity contribution in [1.82, 2.24) is 4.31 Å².